The Kier molecular flexibility index (Phi) is 2.97. The van der Waals surface area contributed by atoms with E-state index in [-0.39, 0.29) is 5.71 Å². The average molecular weight is 288 g/mol. The van der Waals surface area contributed by atoms with Crippen molar-refractivity contribution in [3.63, 3.8) is 0 Å². The molecule has 0 radical (unpaired) electrons. The highest BCUT2D eigenvalue weighted by molar-refractivity contribution is 6.46. The molecule has 2 atom stereocenters. The Bertz CT molecular complexity index is 664. The minimum atomic E-state index is -1.09. The number of carbonyl (C=O) groups excluding carboxylic acids is 3. The fourth-order valence-electron chi connectivity index (χ4n) is 2.40. The van der Waals surface area contributed by atoms with E-state index in [4.69, 9.17) is 4.84 Å². The lowest BCUT2D eigenvalue weighted by Gasteiger charge is -2.15. The van der Waals surface area contributed by atoms with Crippen molar-refractivity contribution in [1.29, 1.82) is 0 Å². The van der Waals surface area contributed by atoms with E-state index in [0.717, 1.165) is 10.5 Å². The van der Waals surface area contributed by atoms with Gasteiger partial charge in [-0.3, -0.25) is 9.59 Å². The molecule has 0 saturated carbocycles. The van der Waals surface area contributed by atoms with Gasteiger partial charge in [-0.15, -0.1) is 0 Å². The zero-order valence-corrected chi connectivity index (χ0v) is 11.4. The van der Waals surface area contributed by atoms with Crippen molar-refractivity contribution in [3.8, 4) is 0 Å². The molecule has 0 aliphatic carbocycles. The summed E-state index contributed by atoms with van der Waals surface area (Å²) in [5.74, 6) is -2.87. The number of hydrogen-bond donors (Lipinski definition) is 0. The summed E-state index contributed by atoms with van der Waals surface area (Å²) in [5.41, 5.74) is 1.28. The highest BCUT2D eigenvalue weighted by atomic mass is 16.7. The molecule has 2 aliphatic rings. The average Bonchev–Trinajstić information content (AvgIpc) is 3.01. The largest absolute Gasteiger partial charge is 0.464 e. The Morgan fingerprint density at radius 1 is 1.24 bits per heavy atom. The van der Waals surface area contributed by atoms with Gasteiger partial charge in [-0.1, -0.05) is 22.9 Å². The summed E-state index contributed by atoms with van der Waals surface area (Å²) >= 11 is 0. The van der Waals surface area contributed by atoms with E-state index in [9.17, 15) is 14.4 Å². The molecule has 2 aliphatic heterocycles. The number of anilines is 1. The summed E-state index contributed by atoms with van der Waals surface area (Å²) in [4.78, 5) is 42.3. The summed E-state index contributed by atoms with van der Waals surface area (Å²) in [6.45, 7) is 1.90. The van der Waals surface area contributed by atoms with E-state index < -0.39 is 29.8 Å². The predicted octanol–water partition coefficient (Wildman–Crippen LogP) is 0.412. The standard InChI is InChI=1S/C14H12N2O5/c1-7-3-5-8(6-4-7)16-12(17)9-10(14(19)20-2)15-21-11(9)13(16)18/h3-6,9,11H,1-2H3/t9-,11-/m1/s1. The summed E-state index contributed by atoms with van der Waals surface area (Å²) in [6, 6.07) is 6.92. The van der Waals surface area contributed by atoms with Gasteiger partial charge in [-0.25, -0.2) is 9.69 Å². The molecule has 3 rings (SSSR count). The van der Waals surface area contributed by atoms with Crippen LogP contribution in [-0.4, -0.2) is 36.7 Å². The number of ether oxygens (including phenoxy) is 1. The third kappa shape index (κ3) is 1.89. The van der Waals surface area contributed by atoms with Crippen molar-refractivity contribution in [2.75, 3.05) is 12.0 Å². The maximum atomic E-state index is 12.5. The topological polar surface area (TPSA) is 85.3 Å². The lowest BCUT2D eigenvalue weighted by atomic mass is 10.00. The number of nitrogens with zero attached hydrogens (tertiary/aromatic N) is 2. The molecule has 1 saturated heterocycles. The number of methoxy groups -OCH3 is 1. The lowest BCUT2D eigenvalue weighted by Crippen LogP contribution is -2.34. The van der Waals surface area contributed by atoms with Crippen molar-refractivity contribution >= 4 is 29.2 Å². The molecular formula is C14H12N2O5. The van der Waals surface area contributed by atoms with Gasteiger partial charge in [0.25, 0.3) is 5.91 Å². The van der Waals surface area contributed by atoms with Crippen LogP contribution in [0.2, 0.25) is 0 Å². The number of hydrogen-bond acceptors (Lipinski definition) is 6. The first-order valence-corrected chi connectivity index (χ1v) is 6.31. The van der Waals surface area contributed by atoms with Gasteiger partial charge in [0.1, 0.15) is 5.92 Å². The van der Waals surface area contributed by atoms with E-state index in [1.165, 1.54) is 7.11 Å². The van der Waals surface area contributed by atoms with Crippen LogP contribution in [0.3, 0.4) is 0 Å². The highest BCUT2D eigenvalue weighted by Crippen LogP contribution is 2.33. The van der Waals surface area contributed by atoms with E-state index in [1.54, 1.807) is 24.3 Å². The summed E-state index contributed by atoms with van der Waals surface area (Å²) in [7, 11) is 1.18. The normalized spacial score (nSPS) is 23.7. The predicted molar refractivity (Wildman–Crippen MR) is 71.5 cm³/mol. The molecule has 2 amide bonds. The van der Waals surface area contributed by atoms with Gasteiger partial charge >= 0.3 is 5.97 Å². The van der Waals surface area contributed by atoms with Gasteiger partial charge in [-0.2, -0.15) is 0 Å². The molecule has 2 heterocycles. The lowest BCUT2D eigenvalue weighted by molar-refractivity contribution is -0.133. The number of oxime groups is 1. The summed E-state index contributed by atoms with van der Waals surface area (Å²) in [5, 5.41) is 3.51. The first-order valence-electron chi connectivity index (χ1n) is 6.31. The monoisotopic (exact) mass is 288 g/mol. The maximum absolute atomic E-state index is 12.5. The van der Waals surface area contributed by atoms with Crippen molar-refractivity contribution in [1.82, 2.24) is 0 Å². The number of benzene rings is 1. The molecule has 21 heavy (non-hydrogen) atoms. The number of rotatable bonds is 2. The number of amides is 2. The number of fused-ring (bicyclic) bond motifs is 1. The number of imide groups is 1. The van der Waals surface area contributed by atoms with Gasteiger partial charge in [0.2, 0.25) is 12.0 Å². The van der Waals surface area contributed by atoms with Gasteiger partial charge in [0.05, 0.1) is 12.8 Å². The second kappa shape index (κ2) is 4.69. The summed E-state index contributed by atoms with van der Waals surface area (Å²) in [6.07, 6.45) is -1.09. The highest BCUT2D eigenvalue weighted by Gasteiger charge is 2.57. The molecule has 0 aromatic heterocycles. The third-order valence-corrected chi connectivity index (χ3v) is 3.50. The minimum Gasteiger partial charge on any atom is -0.464 e. The van der Waals surface area contributed by atoms with Gasteiger partial charge in [-0.05, 0) is 19.1 Å². The smallest absolute Gasteiger partial charge is 0.356 e. The Balaban J connectivity index is 1.95. The van der Waals surface area contributed by atoms with Crippen LogP contribution in [0.1, 0.15) is 5.56 Å². The minimum absolute atomic E-state index is 0.171. The quantitative estimate of drug-likeness (QED) is 0.581. The molecule has 108 valence electrons. The van der Waals surface area contributed by atoms with Crippen LogP contribution in [0, 0.1) is 12.8 Å². The van der Waals surface area contributed by atoms with Gasteiger partial charge < -0.3 is 9.57 Å². The number of carbonyl (C=O) groups is 3. The van der Waals surface area contributed by atoms with Gasteiger partial charge in [0.15, 0.2) is 5.71 Å². The van der Waals surface area contributed by atoms with Crippen LogP contribution in [0.25, 0.3) is 0 Å². The fraction of sp³-hybridized carbons (Fsp3) is 0.286. The summed E-state index contributed by atoms with van der Waals surface area (Å²) < 4.78 is 4.55. The van der Waals surface area contributed by atoms with E-state index in [2.05, 4.69) is 9.89 Å². The Morgan fingerprint density at radius 2 is 1.90 bits per heavy atom. The molecule has 1 aromatic rings. The number of aryl methyl sites for hydroxylation is 1. The Hall–Kier alpha value is -2.70. The van der Waals surface area contributed by atoms with Crippen LogP contribution in [0.4, 0.5) is 5.69 Å². The second-order valence-corrected chi connectivity index (χ2v) is 4.82. The Morgan fingerprint density at radius 3 is 2.52 bits per heavy atom. The molecule has 1 fully saturated rings. The number of esters is 1. The van der Waals surface area contributed by atoms with Crippen LogP contribution in [0.5, 0.6) is 0 Å². The fourth-order valence-corrected chi connectivity index (χ4v) is 2.40. The molecule has 0 bridgehead atoms. The molecule has 0 unspecified atom stereocenters. The van der Waals surface area contributed by atoms with Crippen LogP contribution >= 0.6 is 0 Å². The molecule has 0 spiro atoms. The molecule has 1 aromatic carbocycles. The Labute approximate surface area is 120 Å². The van der Waals surface area contributed by atoms with Crippen LogP contribution < -0.4 is 4.90 Å². The second-order valence-electron chi connectivity index (χ2n) is 4.82. The van der Waals surface area contributed by atoms with Crippen LogP contribution in [-0.2, 0) is 24.0 Å². The first kappa shape index (κ1) is 13.3. The molecule has 7 nitrogen and oxygen atoms in total. The van der Waals surface area contributed by atoms with Crippen molar-refractivity contribution in [3.05, 3.63) is 29.8 Å². The van der Waals surface area contributed by atoms with Crippen molar-refractivity contribution in [2.45, 2.75) is 13.0 Å². The third-order valence-electron chi connectivity index (χ3n) is 3.50. The van der Waals surface area contributed by atoms with E-state index in [0.29, 0.717) is 5.69 Å². The van der Waals surface area contributed by atoms with Crippen LogP contribution in [0.15, 0.2) is 29.4 Å². The molecule has 0 N–H and O–H groups in total. The first-order chi connectivity index (χ1) is 10.0. The SMILES string of the molecule is COC(=O)C1=NO[C@H]2C(=O)N(c3ccc(C)cc3)C(=O)[C@H]12. The maximum Gasteiger partial charge on any atom is 0.356 e. The van der Waals surface area contributed by atoms with E-state index in [1.807, 2.05) is 6.92 Å². The zero-order valence-electron chi connectivity index (χ0n) is 11.4. The molecular weight excluding hydrogens is 276 g/mol. The van der Waals surface area contributed by atoms with Gasteiger partial charge in [0, 0.05) is 0 Å². The zero-order chi connectivity index (χ0) is 15.1. The van der Waals surface area contributed by atoms with E-state index >= 15 is 0 Å². The van der Waals surface area contributed by atoms with Crippen molar-refractivity contribution in [2.24, 2.45) is 11.1 Å². The molecule has 7 heteroatoms. The van der Waals surface area contributed by atoms with Crippen molar-refractivity contribution < 1.29 is 24.0 Å².